The minimum absolute atomic E-state index is 0.183. The van der Waals surface area contributed by atoms with Gasteiger partial charge in [0.2, 0.25) is 0 Å². The average Bonchev–Trinajstić information content (AvgIpc) is 3.65. The third-order valence-corrected chi connectivity index (χ3v) is 5.64. The molecule has 142 valence electrons. The summed E-state index contributed by atoms with van der Waals surface area (Å²) in [5.74, 6) is 1.35. The Morgan fingerprint density at radius 1 is 1.07 bits per heavy atom. The number of aromatic amines is 1. The molecule has 2 aliphatic carbocycles. The maximum atomic E-state index is 12.5. The zero-order valence-corrected chi connectivity index (χ0v) is 15.7. The number of H-pyrrole nitrogens is 1. The van der Waals surface area contributed by atoms with Crippen molar-refractivity contribution in [1.82, 2.24) is 15.5 Å². The molecule has 1 aromatic heterocycles. The smallest absolute Gasteiger partial charge is 0.273 e. The first-order chi connectivity index (χ1) is 13.8. The summed E-state index contributed by atoms with van der Waals surface area (Å²) < 4.78 is 0. The van der Waals surface area contributed by atoms with Crippen LogP contribution in [0.4, 0.5) is 5.69 Å². The summed E-state index contributed by atoms with van der Waals surface area (Å²) in [6, 6.07) is 20.4. The Morgan fingerprint density at radius 2 is 1.86 bits per heavy atom. The quantitative estimate of drug-likeness (QED) is 0.583. The number of carbonyl (C=O) groups is 1. The molecule has 1 amide bonds. The Morgan fingerprint density at radius 3 is 2.61 bits per heavy atom. The lowest BCUT2D eigenvalue weighted by Crippen LogP contribution is -2.20. The molecule has 2 saturated carbocycles. The normalized spacial score (nSPS) is 20.7. The molecule has 5 heteroatoms. The van der Waals surface area contributed by atoms with Crippen LogP contribution >= 0.6 is 0 Å². The SMILES string of the molecule is O=C(Nc1ccc([C@@H]2C[C@H]2NCC2CC2)cc1)c1cc(-c2ccccc2)n[nH]1. The lowest BCUT2D eigenvalue weighted by atomic mass is 10.1. The largest absolute Gasteiger partial charge is 0.321 e. The van der Waals surface area contributed by atoms with Gasteiger partial charge in [-0.05, 0) is 55.5 Å². The lowest BCUT2D eigenvalue weighted by Gasteiger charge is -2.06. The number of hydrogen-bond acceptors (Lipinski definition) is 3. The third-order valence-electron chi connectivity index (χ3n) is 5.64. The summed E-state index contributed by atoms with van der Waals surface area (Å²) in [5, 5.41) is 13.7. The maximum Gasteiger partial charge on any atom is 0.273 e. The number of nitrogens with zero attached hydrogens (tertiary/aromatic N) is 1. The van der Waals surface area contributed by atoms with Gasteiger partial charge in [0, 0.05) is 23.2 Å². The first kappa shape index (κ1) is 17.2. The van der Waals surface area contributed by atoms with Gasteiger partial charge >= 0.3 is 0 Å². The van der Waals surface area contributed by atoms with E-state index in [2.05, 4.69) is 33.0 Å². The summed E-state index contributed by atoms with van der Waals surface area (Å²) in [6.45, 7) is 1.17. The second-order valence-corrected chi connectivity index (χ2v) is 7.91. The van der Waals surface area contributed by atoms with Crippen LogP contribution in [0.3, 0.4) is 0 Å². The van der Waals surface area contributed by atoms with Crippen LogP contribution in [0.1, 0.15) is 41.2 Å². The lowest BCUT2D eigenvalue weighted by molar-refractivity contribution is 0.102. The Hall–Kier alpha value is -2.92. The van der Waals surface area contributed by atoms with Crippen LogP contribution < -0.4 is 10.6 Å². The molecule has 2 atom stereocenters. The van der Waals surface area contributed by atoms with Crippen molar-refractivity contribution in [2.24, 2.45) is 5.92 Å². The van der Waals surface area contributed by atoms with Gasteiger partial charge in [-0.3, -0.25) is 9.89 Å². The van der Waals surface area contributed by atoms with Crippen LogP contribution in [0.2, 0.25) is 0 Å². The van der Waals surface area contributed by atoms with Crippen LogP contribution in [-0.2, 0) is 0 Å². The molecule has 5 nitrogen and oxygen atoms in total. The van der Waals surface area contributed by atoms with E-state index in [9.17, 15) is 4.79 Å². The zero-order chi connectivity index (χ0) is 18.9. The maximum absolute atomic E-state index is 12.5. The first-order valence-electron chi connectivity index (χ1n) is 10.0. The van der Waals surface area contributed by atoms with E-state index in [1.54, 1.807) is 6.07 Å². The van der Waals surface area contributed by atoms with E-state index in [1.807, 2.05) is 42.5 Å². The van der Waals surface area contributed by atoms with Crippen molar-refractivity contribution in [3.05, 3.63) is 71.9 Å². The van der Waals surface area contributed by atoms with E-state index < -0.39 is 0 Å². The van der Waals surface area contributed by atoms with E-state index in [-0.39, 0.29) is 5.91 Å². The van der Waals surface area contributed by atoms with Crippen LogP contribution in [0.15, 0.2) is 60.7 Å². The van der Waals surface area contributed by atoms with Crippen LogP contribution in [0.5, 0.6) is 0 Å². The number of hydrogen-bond donors (Lipinski definition) is 3. The Balaban J connectivity index is 1.18. The van der Waals surface area contributed by atoms with Gasteiger partial charge in [-0.2, -0.15) is 5.10 Å². The predicted molar refractivity (Wildman–Crippen MR) is 110 cm³/mol. The molecule has 28 heavy (non-hydrogen) atoms. The summed E-state index contributed by atoms with van der Waals surface area (Å²) in [4.78, 5) is 12.5. The number of carbonyl (C=O) groups excluding carboxylic acids is 1. The molecule has 2 aliphatic rings. The molecule has 1 heterocycles. The van der Waals surface area contributed by atoms with Gasteiger partial charge in [0.1, 0.15) is 5.69 Å². The second-order valence-electron chi connectivity index (χ2n) is 7.91. The standard InChI is InChI=1S/C23H24N4O/c28-23(22-13-20(26-27-22)17-4-2-1-3-5-17)25-18-10-8-16(9-11-18)19-12-21(19)24-14-15-6-7-15/h1-5,8-11,13,15,19,21,24H,6-7,12,14H2,(H,25,28)(H,26,27)/t19-,21+/m0/s1. The highest BCUT2D eigenvalue weighted by molar-refractivity contribution is 6.03. The van der Waals surface area contributed by atoms with E-state index in [1.165, 1.54) is 31.4 Å². The summed E-state index contributed by atoms with van der Waals surface area (Å²) in [7, 11) is 0. The summed E-state index contributed by atoms with van der Waals surface area (Å²) in [5.41, 5.74) is 4.34. The molecule has 0 saturated heterocycles. The Labute approximate surface area is 164 Å². The summed E-state index contributed by atoms with van der Waals surface area (Å²) in [6.07, 6.45) is 4.00. The highest BCUT2D eigenvalue weighted by Crippen LogP contribution is 2.41. The van der Waals surface area contributed by atoms with Crippen molar-refractivity contribution in [3.63, 3.8) is 0 Å². The van der Waals surface area contributed by atoms with Gasteiger partial charge in [0.25, 0.3) is 5.91 Å². The Bertz CT molecular complexity index is 960. The van der Waals surface area contributed by atoms with Crippen molar-refractivity contribution in [2.45, 2.75) is 31.2 Å². The molecule has 0 aliphatic heterocycles. The fourth-order valence-corrected chi connectivity index (χ4v) is 3.64. The molecule has 0 spiro atoms. The number of rotatable bonds is 7. The van der Waals surface area contributed by atoms with Crippen molar-refractivity contribution in [1.29, 1.82) is 0 Å². The van der Waals surface area contributed by atoms with Gasteiger partial charge in [0.05, 0.1) is 5.69 Å². The van der Waals surface area contributed by atoms with Crippen LogP contribution in [0, 0.1) is 5.92 Å². The van der Waals surface area contributed by atoms with Gasteiger partial charge in [-0.15, -0.1) is 0 Å². The number of anilines is 1. The molecule has 3 N–H and O–H groups in total. The van der Waals surface area contributed by atoms with Crippen molar-refractivity contribution < 1.29 is 4.79 Å². The number of benzene rings is 2. The molecule has 2 aromatic carbocycles. The molecule has 2 fully saturated rings. The highest BCUT2D eigenvalue weighted by Gasteiger charge is 2.38. The van der Waals surface area contributed by atoms with E-state index in [0.717, 1.165) is 22.9 Å². The number of amides is 1. The average molecular weight is 372 g/mol. The van der Waals surface area contributed by atoms with Crippen LogP contribution in [0.25, 0.3) is 11.3 Å². The predicted octanol–water partition coefficient (Wildman–Crippen LogP) is 4.18. The van der Waals surface area contributed by atoms with E-state index in [4.69, 9.17) is 0 Å². The van der Waals surface area contributed by atoms with E-state index in [0.29, 0.717) is 17.7 Å². The van der Waals surface area contributed by atoms with Crippen LogP contribution in [-0.4, -0.2) is 28.7 Å². The third kappa shape index (κ3) is 3.85. The van der Waals surface area contributed by atoms with Gasteiger partial charge < -0.3 is 10.6 Å². The fourth-order valence-electron chi connectivity index (χ4n) is 3.64. The molecule has 0 unspecified atom stereocenters. The van der Waals surface area contributed by atoms with Gasteiger partial charge in [0.15, 0.2) is 0 Å². The Kier molecular flexibility index (Phi) is 4.45. The summed E-state index contributed by atoms with van der Waals surface area (Å²) >= 11 is 0. The molecular weight excluding hydrogens is 348 g/mol. The molecule has 0 bridgehead atoms. The molecule has 5 rings (SSSR count). The zero-order valence-electron chi connectivity index (χ0n) is 15.7. The van der Waals surface area contributed by atoms with Crippen molar-refractivity contribution in [3.8, 4) is 11.3 Å². The minimum Gasteiger partial charge on any atom is -0.321 e. The molecule has 3 aromatic rings. The van der Waals surface area contributed by atoms with E-state index >= 15 is 0 Å². The van der Waals surface area contributed by atoms with Gasteiger partial charge in [-0.25, -0.2) is 0 Å². The topological polar surface area (TPSA) is 69.8 Å². The molecule has 0 radical (unpaired) electrons. The minimum atomic E-state index is -0.183. The van der Waals surface area contributed by atoms with Crippen molar-refractivity contribution >= 4 is 11.6 Å². The highest BCUT2D eigenvalue weighted by atomic mass is 16.1. The van der Waals surface area contributed by atoms with Crippen molar-refractivity contribution in [2.75, 3.05) is 11.9 Å². The second kappa shape index (κ2) is 7.24. The van der Waals surface area contributed by atoms with Gasteiger partial charge in [-0.1, -0.05) is 42.5 Å². The fraction of sp³-hybridized carbons (Fsp3) is 0.304. The monoisotopic (exact) mass is 372 g/mol. The molecular formula is C23H24N4O. The number of aromatic nitrogens is 2. The first-order valence-corrected chi connectivity index (χ1v) is 10.0. The number of nitrogens with one attached hydrogen (secondary N) is 3.